The predicted octanol–water partition coefficient (Wildman–Crippen LogP) is 3.57. The predicted molar refractivity (Wildman–Crippen MR) is 79.6 cm³/mol. The first-order chi connectivity index (χ1) is 9.60. The SMILES string of the molecule is CC1CC(n2c(CCl)nc3ccc(F)cc32)CCN1C. The molecule has 0 N–H and O–H groups in total. The summed E-state index contributed by atoms with van der Waals surface area (Å²) in [5.41, 5.74) is 1.69. The van der Waals surface area contributed by atoms with Crippen LogP contribution in [0.3, 0.4) is 0 Å². The quantitative estimate of drug-likeness (QED) is 0.790. The molecule has 0 radical (unpaired) electrons. The van der Waals surface area contributed by atoms with E-state index in [-0.39, 0.29) is 5.82 Å². The van der Waals surface area contributed by atoms with Crippen molar-refractivity contribution in [2.24, 2.45) is 0 Å². The van der Waals surface area contributed by atoms with E-state index in [4.69, 9.17) is 11.6 Å². The van der Waals surface area contributed by atoms with Gasteiger partial charge in [-0.05, 0) is 45.0 Å². The van der Waals surface area contributed by atoms with Gasteiger partial charge in [0.1, 0.15) is 11.6 Å². The Balaban J connectivity index is 2.07. The molecule has 0 spiro atoms. The summed E-state index contributed by atoms with van der Waals surface area (Å²) in [4.78, 5) is 6.90. The zero-order chi connectivity index (χ0) is 14.3. The van der Waals surface area contributed by atoms with Crippen molar-refractivity contribution in [3.63, 3.8) is 0 Å². The first-order valence-electron chi connectivity index (χ1n) is 7.02. The van der Waals surface area contributed by atoms with E-state index in [9.17, 15) is 4.39 Å². The molecule has 3 rings (SSSR count). The van der Waals surface area contributed by atoms with Crippen LogP contribution in [0.15, 0.2) is 18.2 Å². The highest BCUT2D eigenvalue weighted by atomic mass is 35.5. The lowest BCUT2D eigenvalue weighted by Crippen LogP contribution is -2.38. The second kappa shape index (κ2) is 5.34. The van der Waals surface area contributed by atoms with Gasteiger partial charge in [0.2, 0.25) is 0 Å². The second-order valence-corrected chi connectivity index (χ2v) is 5.94. The van der Waals surface area contributed by atoms with Crippen LogP contribution in [0.4, 0.5) is 4.39 Å². The van der Waals surface area contributed by atoms with E-state index < -0.39 is 0 Å². The molecule has 1 aliphatic rings. The van der Waals surface area contributed by atoms with Gasteiger partial charge < -0.3 is 9.47 Å². The number of hydrogen-bond donors (Lipinski definition) is 0. The van der Waals surface area contributed by atoms with E-state index in [0.717, 1.165) is 36.2 Å². The average molecular weight is 296 g/mol. The van der Waals surface area contributed by atoms with Crippen LogP contribution in [0.1, 0.15) is 31.6 Å². The minimum atomic E-state index is -0.222. The fraction of sp³-hybridized carbons (Fsp3) is 0.533. The summed E-state index contributed by atoms with van der Waals surface area (Å²) in [7, 11) is 2.15. The van der Waals surface area contributed by atoms with Crippen LogP contribution in [-0.2, 0) is 5.88 Å². The molecule has 1 aromatic heterocycles. The number of aromatic nitrogens is 2. The van der Waals surface area contributed by atoms with E-state index >= 15 is 0 Å². The maximum absolute atomic E-state index is 13.6. The monoisotopic (exact) mass is 295 g/mol. The molecule has 1 aliphatic heterocycles. The van der Waals surface area contributed by atoms with E-state index in [1.165, 1.54) is 6.07 Å². The molecule has 0 saturated carbocycles. The molecule has 3 nitrogen and oxygen atoms in total. The van der Waals surface area contributed by atoms with Gasteiger partial charge in [-0.15, -0.1) is 11.6 Å². The van der Waals surface area contributed by atoms with Crippen molar-refractivity contribution in [1.82, 2.24) is 14.5 Å². The second-order valence-electron chi connectivity index (χ2n) is 5.67. The summed E-state index contributed by atoms with van der Waals surface area (Å²) in [6, 6.07) is 5.62. The lowest BCUT2D eigenvalue weighted by Gasteiger charge is -2.36. The Morgan fingerprint density at radius 1 is 1.45 bits per heavy atom. The molecule has 1 saturated heterocycles. The molecule has 20 heavy (non-hydrogen) atoms. The summed E-state index contributed by atoms with van der Waals surface area (Å²) in [5, 5.41) is 0. The van der Waals surface area contributed by atoms with Crippen LogP contribution in [0.2, 0.25) is 0 Å². The maximum Gasteiger partial charge on any atom is 0.125 e. The van der Waals surface area contributed by atoms with Crippen LogP contribution < -0.4 is 0 Å². The van der Waals surface area contributed by atoms with Crippen molar-refractivity contribution >= 4 is 22.6 Å². The summed E-state index contributed by atoms with van der Waals surface area (Å²) >= 11 is 6.04. The Hall–Kier alpha value is -1.13. The van der Waals surface area contributed by atoms with E-state index in [0.29, 0.717) is 18.0 Å². The molecule has 1 aromatic carbocycles. The molecule has 2 unspecified atom stereocenters. The van der Waals surface area contributed by atoms with Gasteiger partial charge in [-0.3, -0.25) is 0 Å². The van der Waals surface area contributed by atoms with E-state index in [1.807, 2.05) is 0 Å². The number of alkyl halides is 1. The topological polar surface area (TPSA) is 21.1 Å². The van der Waals surface area contributed by atoms with Crippen molar-refractivity contribution in [1.29, 1.82) is 0 Å². The Kier molecular flexibility index (Phi) is 3.69. The van der Waals surface area contributed by atoms with Gasteiger partial charge in [-0.1, -0.05) is 0 Å². The third-order valence-corrected chi connectivity index (χ3v) is 4.63. The molecule has 108 valence electrons. The van der Waals surface area contributed by atoms with Gasteiger partial charge in [0.25, 0.3) is 0 Å². The molecule has 0 bridgehead atoms. The number of rotatable bonds is 2. The minimum absolute atomic E-state index is 0.222. The van der Waals surface area contributed by atoms with Crippen LogP contribution in [0.25, 0.3) is 11.0 Å². The van der Waals surface area contributed by atoms with Crippen LogP contribution in [0.5, 0.6) is 0 Å². The highest BCUT2D eigenvalue weighted by Gasteiger charge is 2.27. The van der Waals surface area contributed by atoms with Crippen LogP contribution in [0, 0.1) is 5.82 Å². The number of nitrogens with zero attached hydrogens (tertiary/aromatic N) is 3. The van der Waals surface area contributed by atoms with Crippen molar-refractivity contribution in [3.8, 4) is 0 Å². The van der Waals surface area contributed by atoms with Crippen molar-refractivity contribution in [3.05, 3.63) is 29.8 Å². The number of hydrogen-bond acceptors (Lipinski definition) is 2. The summed E-state index contributed by atoms with van der Waals surface area (Å²) in [5.74, 6) is 0.978. The standard InChI is InChI=1S/C15H19ClFN3/c1-10-7-12(5-6-19(10)2)20-14-8-11(17)3-4-13(14)18-15(20)9-16/h3-4,8,10,12H,5-7,9H2,1-2H3. The molecule has 0 aliphatic carbocycles. The lowest BCUT2D eigenvalue weighted by atomic mass is 9.98. The van der Waals surface area contributed by atoms with E-state index in [2.05, 4.69) is 28.4 Å². The van der Waals surface area contributed by atoms with Gasteiger partial charge >= 0.3 is 0 Å². The van der Waals surface area contributed by atoms with Gasteiger partial charge in [0.15, 0.2) is 0 Å². The zero-order valence-corrected chi connectivity index (χ0v) is 12.6. The maximum atomic E-state index is 13.6. The summed E-state index contributed by atoms with van der Waals surface area (Å²) in [6.45, 7) is 3.27. The molecular formula is C15H19ClFN3. The van der Waals surface area contributed by atoms with Crippen molar-refractivity contribution < 1.29 is 4.39 Å². The Morgan fingerprint density at radius 2 is 2.25 bits per heavy atom. The number of fused-ring (bicyclic) bond motifs is 1. The molecular weight excluding hydrogens is 277 g/mol. The van der Waals surface area contributed by atoms with Crippen molar-refractivity contribution in [2.75, 3.05) is 13.6 Å². The highest BCUT2D eigenvalue weighted by Crippen LogP contribution is 2.31. The van der Waals surface area contributed by atoms with Crippen LogP contribution in [-0.4, -0.2) is 34.1 Å². The minimum Gasteiger partial charge on any atom is -0.324 e. The first-order valence-corrected chi connectivity index (χ1v) is 7.56. The van der Waals surface area contributed by atoms with Crippen LogP contribution >= 0.6 is 11.6 Å². The molecule has 2 atom stereocenters. The number of halogens is 2. The average Bonchev–Trinajstić information content (AvgIpc) is 2.79. The largest absolute Gasteiger partial charge is 0.324 e. The zero-order valence-electron chi connectivity index (χ0n) is 11.8. The first kappa shape index (κ1) is 13.8. The third kappa shape index (κ3) is 2.31. The summed E-state index contributed by atoms with van der Waals surface area (Å²) in [6.07, 6.45) is 2.09. The van der Waals surface area contributed by atoms with Gasteiger partial charge in [0.05, 0.1) is 16.9 Å². The smallest absolute Gasteiger partial charge is 0.125 e. The Labute approximate surface area is 123 Å². The molecule has 0 amide bonds. The fourth-order valence-corrected chi connectivity index (χ4v) is 3.31. The van der Waals surface area contributed by atoms with E-state index in [1.54, 1.807) is 12.1 Å². The van der Waals surface area contributed by atoms with Gasteiger partial charge in [-0.25, -0.2) is 9.37 Å². The highest BCUT2D eigenvalue weighted by molar-refractivity contribution is 6.16. The molecule has 2 heterocycles. The molecule has 1 fully saturated rings. The fourth-order valence-electron chi connectivity index (χ4n) is 3.12. The number of likely N-dealkylation sites (tertiary alicyclic amines) is 1. The molecule has 5 heteroatoms. The lowest BCUT2D eigenvalue weighted by molar-refractivity contribution is 0.157. The number of imidazole rings is 1. The molecule has 2 aromatic rings. The Bertz CT molecular complexity index is 625. The summed E-state index contributed by atoms with van der Waals surface area (Å²) < 4.78 is 15.7. The Morgan fingerprint density at radius 3 is 2.95 bits per heavy atom. The van der Waals surface area contributed by atoms with Gasteiger partial charge in [0, 0.05) is 18.6 Å². The van der Waals surface area contributed by atoms with Crippen molar-refractivity contribution in [2.45, 2.75) is 37.7 Å². The normalized spacial score (nSPS) is 24.4. The number of piperidine rings is 1. The van der Waals surface area contributed by atoms with Gasteiger partial charge in [-0.2, -0.15) is 0 Å². The number of benzene rings is 1. The third-order valence-electron chi connectivity index (χ3n) is 4.39.